The zero-order chi connectivity index (χ0) is 17.1. The van der Waals surface area contributed by atoms with Crippen LogP contribution in [0.4, 0.5) is 23.3 Å². The van der Waals surface area contributed by atoms with Gasteiger partial charge in [-0.15, -0.1) is 0 Å². The van der Waals surface area contributed by atoms with E-state index in [0.717, 1.165) is 45.6 Å². The standard InChI is InChI=1S/C14H23N7O3/c1-19-4-6-20(7-5-19)14-17-12(15)11(21(22)23)13(18-14)16-9-10-3-2-8-24-10/h10H,2-9H2,1H3,(H3,15,16,17,18)/t10-/m1/s1. The van der Waals surface area contributed by atoms with Gasteiger partial charge in [-0.25, -0.2) is 0 Å². The van der Waals surface area contributed by atoms with Crippen LogP contribution >= 0.6 is 0 Å². The first-order valence-electron chi connectivity index (χ1n) is 8.15. The zero-order valence-electron chi connectivity index (χ0n) is 13.8. The Morgan fingerprint density at radius 2 is 2.12 bits per heavy atom. The number of aromatic nitrogens is 2. The number of rotatable bonds is 5. The summed E-state index contributed by atoms with van der Waals surface area (Å²) in [7, 11) is 2.05. The second-order valence-corrected chi connectivity index (χ2v) is 6.17. The van der Waals surface area contributed by atoms with Crippen LogP contribution in [0.15, 0.2) is 0 Å². The molecular formula is C14H23N7O3. The summed E-state index contributed by atoms with van der Waals surface area (Å²) in [5.41, 5.74) is 5.57. The van der Waals surface area contributed by atoms with Crippen molar-refractivity contribution in [3.8, 4) is 0 Å². The summed E-state index contributed by atoms with van der Waals surface area (Å²) in [5.74, 6) is 0.483. The Morgan fingerprint density at radius 3 is 2.75 bits per heavy atom. The fourth-order valence-electron chi connectivity index (χ4n) is 2.93. The van der Waals surface area contributed by atoms with Gasteiger partial charge in [0.05, 0.1) is 11.0 Å². The lowest BCUT2D eigenvalue weighted by atomic mass is 10.2. The first-order chi connectivity index (χ1) is 11.5. The molecule has 1 atom stereocenters. The van der Waals surface area contributed by atoms with Crippen LogP contribution in [0.25, 0.3) is 0 Å². The number of nitrogens with two attached hydrogens (primary N) is 1. The molecule has 0 spiro atoms. The van der Waals surface area contributed by atoms with Crippen LogP contribution in [0.1, 0.15) is 12.8 Å². The normalized spacial score (nSPS) is 21.9. The summed E-state index contributed by atoms with van der Waals surface area (Å²) < 4.78 is 5.54. The van der Waals surface area contributed by atoms with Gasteiger partial charge >= 0.3 is 5.69 Å². The maximum atomic E-state index is 11.3. The minimum atomic E-state index is -0.541. The smallest absolute Gasteiger partial charge is 0.353 e. The molecule has 2 saturated heterocycles. The molecule has 1 aromatic heterocycles. The fraction of sp³-hybridized carbons (Fsp3) is 0.714. The Kier molecular flexibility index (Phi) is 4.95. The molecule has 2 fully saturated rings. The van der Waals surface area contributed by atoms with Gasteiger partial charge in [-0.2, -0.15) is 9.97 Å². The molecule has 1 aromatic rings. The number of anilines is 3. The Morgan fingerprint density at radius 1 is 1.38 bits per heavy atom. The fourth-order valence-corrected chi connectivity index (χ4v) is 2.93. The number of ether oxygens (including phenoxy) is 1. The molecule has 132 valence electrons. The molecule has 10 heteroatoms. The lowest BCUT2D eigenvalue weighted by molar-refractivity contribution is -0.383. The Labute approximate surface area is 140 Å². The molecule has 3 rings (SSSR count). The summed E-state index contributed by atoms with van der Waals surface area (Å²) >= 11 is 0. The molecule has 2 aliphatic heterocycles. The van der Waals surface area contributed by atoms with E-state index in [-0.39, 0.29) is 23.4 Å². The van der Waals surface area contributed by atoms with E-state index in [9.17, 15) is 10.1 Å². The average Bonchev–Trinajstić information content (AvgIpc) is 3.06. The van der Waals surface area contributed by atoms with Crippen molar-refractivity contribution >= 4 is 23.3 Å². The third kappa shape index (κ3) is 3.65. The number of likely N-dealkylation sites (N-methyl/N-ethyl adjacent to an activating group) is 1. The summed E-state index contributed by atoms with van der Waals surface area (Å²) in [6, 6.07) is 0. The van der Waals surface area contributed by atoms with Crippen LogP contribution in [0.3, 0.4) is 0 Å². The highest BCUT2D eigenvalue weighted by molar-refractivity contribution is 5.70. The van der Waals surface area contributed by atoms with Gasteiger partial charge in [0.2, 0.25) is 17.6 Å². The van der Waals surface area contributed by atoms with Crippen molar-refractivity contribution in [3.05, 3.63) is 10.1 Å². The van der Waals surface area contributed by atoms with Crippen molar-refractivity contribution in [1.29, 1.82) is 0 Å². The molecule has 2 aliphatic rings. The Balaban J connectivity index is 1.81. The van der Waals surface area contributed by atoms with Gasteiger partial charge in [0, 0.05) is 39.3 Å². The van der Waals surface area contributed by atoms with Gasteiger partial charge in [0.25, 0.3) is 0 Å². The van der Waals surface area contributed by atoms with E-state index in [1.165, 1.54) is 0 Å². The molecule has 0 aromatic carbocycles. The van der Waals surface area contributed by atoms with Gasteiger partial charge in [0.1, 0.15) is 0 Å². The van der Waals surface area contributed by atoms with E-state index in [4.69, 9.17) is 10.5 Å². The molecule has 0 bridgehead atoms. The van der Waals surface area contributed by atoms with Crippen LogP contribution < -0.4 is 16.0 Å². The zero-order valence-corrected chi connectivity index (χ0v) is 13.8. The number of nitrogens with one attached hydrogen (secondary N) is 1. The second-order valence-electron chi connectivity index (χ2n) is 6.17. The Bertz CT molecular complexity index is 598. The van der Waals surface area contributed by atoms with Gasteiger partial charge in [0.15, 0.2) is 0 Å². The molecule has 3 heterocycles. The lowest BCUT2D eigenvalue weighted by Crippen LogP contribution is -2.45. The molecule has 0 amide bonds. The number of hydrogen-bond acceptors (Lipinski definition) is 9. The van der Waals surface area contributed by atoms with Crippen LogP contribution in [0.2, 0.25) is 0 Å². The van der Waals surface area contributed by atoms with Crippen LogP contribution in [0.5, 0.6) is 0 Å². The molecule has 0 unspecified atom stereocenters. The maximum Gasteiger partial charge on any atom is 0.353 e. The molecule has 3 N–H and O–H groups in total. The molecule has 10 nitrogen and oxygen atoms in total. The molecular weight excluding hydrogens is 314 g/mol. The highest BCUT2D eigenvalue weighted by Crippen LogP contribution is 2.30. The highest BCUT2D eigenvalue weighted by atomic mass is 16.6. The van der Waals surface area contributed by atoms with Crippen molar-refractivity contribution in [2.24, 2.45) is 0 Å². The third-order valence-electron chi connectivity index (χ3n) is 4.39. The SMILES string of the molecule is CN1CCN(c2nc(N)c([N+](=O)[O-])c(NC[C@H]3CCCO3)n2)CC1. The predicted molar refractivity (Wildman–Crippen MR) is 90.3 cm³/mol. The Hall–Kier alpha value is -2.20. The van der Waals surface area contributed by atoms with Gasteiger partial charge in [-0.1, -0.05) is 0 Å². The van der Waals surface area contributed by atoms with E-state index in [1.807, 2.05) is 4.90 Å². The van der Waals surface area contributed by atoms with Crippen LogP contribution in [0, 0.1) is 10.1 Å². The van der Waals surface area contributed by atoms with Crippen LogP contribution in [-0.2, 0) is 4.74 Å². The number of nitrogens with zero attached hydrogens (tertiary/aromatic N) is 5. The largest absolute Gasteiger partial charge is 0.378 e. The van der Waals surface area contributed by atoms with Crippen molar-refractivity contribution < 1.29 is 9.66 Å². The van der Waals surface area contributed by atoms with Gasteiger partial charge in [-0.3, -0.25) is 10.1 Å². The maximum absolute atomic E-state index is 11.3. The molecule has 0 aliphatic carbocycles. The van der Waals surface area contributed by atoms with Gasteiger partial charge < -0.3 is 25.6 Å². The summed E-state index contributed by atoms with van der Waals surface area (Å²) in [5, 5.41) is 14.4. The van der Waals surface area contributed by atoms with E-state index in [2.05, 4.69) is 27.2 Å². The molecule has 0 radical (unpaired) electrons. The van der Waals surface area contributed by atoms with Crippen molar-refractivity contribution in [2.45, 2.75) is 18.9 Å². The summed E-state index contributed by atoms with van der Waals surface area (Å²) in [6.45, 7) is 4.50. The lowest BCUT2D eigenvalue weighted by Gasteiger charge is -2.32. The number of nitrogen functional groups attached to an aromatic ring is 1. The van der Waals surface area contributed by atoms with E-state index in [1.54, 1.807) is 0 Å². The second kappa shape index (κ2) is 7.14. The third-order valence-corrected chi connectivity index (χ3v) is 4.39. The minimum absolute atomic E-state index is 0.0490. The number of piperazine rings is 1. The first kappa shape index (κ1) is 16.7. The summed E-state index contributed by atoms with van der Waals surface area (Å²) in [6.07, 6.45) is 1.99. The average molecular weight is 337 g/mol. The van der Waals surface area contributed by atoms with E-state index in [0.29, 0.717) is 12.5 Å². The quantitative estimate of drug-likeness (QED) is 0.577. The van der Waals surface area contributed by atoms with E-state index < -0.39 is 4.92 Å². The summed E-state index contributed by atoms with van der Waals surface area (Å²) in [4.78, 5) is 23.5. The van der Waals surface area contributed by atoms with Crippen molar-refractivity contribution in [2.75, 3.05) is 62.3 Å². The topological polar surface area (TPSA) is 123 Å². The molecule has 24 heavy (non-hydrogen) atoms. The van der Waals surface area contributed by atoms with Crippen molar-refractivity contribution in [1.82, 2.24) is 14.9 Å². The number of nitro groups is 1. The monoisotopic (exact) mass is 337 g/mol. The number of hydrogen-bond donors (Lipinski definition) is 2. The van der Waals surface area contributed by atoms with Gasteiger partial charge in [-0.05, 0) is 19.9 Å². The molecule has 0 saturated carbocycles. The van der Waals surface area contributed by atoms with Crippen LogP contribution in [-0.4, -0.2) is 72.3 Å². The predicted octanol–water partition coefficient (Wildman–Crippen LogP) is 0.310. The van der Waals surface area contributed by atoms with E-state index >= 15 is 0 Å². The highest BCUT2D eigenvalue weighted by Gasteiger charge is 2.27. The van der Waals surface area contributed by atoms with Crippen molar-refractivity contribution in [3.63, 3.8) is 0 Å². The minimum Gasteiger partial charge on any atom is -0.378 e. The first-order valence-corrected chi connectivity index (χ1v) is 8.15.